The lowest BCUT2D eigenvalue weighted by atomic mass is 9.89. The molecule has 4 aliphatic heterocycles. The number of rotatable bonds is 3. The molecule has 2 unspecified atom stereocenters. The summed E-state index contributed by atoms with van der Waals surface area (Å²) in [7, 11) is 0. The Morgan fingerprint density at radius 1 is 0.844 bits per heavy atom. The van der Waals surface area contributed by atoms with E-state index in [9.17, 15) is 20.4 Å². The number of fused-ring (bicyclic) bond motifs is 6. The summed E-state index contributed by atoms with van der Waals surface area (Å²) in [4.78, 5) is 0. The summed E-state index contributed by atoms with van der Waals surface area (Å²) < 4.78 is 34.2. The standard InChI is InChI=1S/C22H22O10/c23-6-17-18(24)19(25)20(26)22(32-17)30-9-1-2-10-13(3-9)27-7-12-11-4-15-16(29-8-28-15)5-14(11)31-21(10)12/h1-5,12,17-26H,6-8H2/t12-,17?,18-,19+,20?,21-,22-/m1/s1. The maximum atomic E-state index is 10.2. The van der Waals surface area contributed by atoms with Crippen LogP contribution in [-0.2, 0) is 4.74 Å². The number of benzene rings is 2. The van der Waals surface area contributed by atoms with Crippen LogP contribution in [0, 0.1) is 0 Å². The van der Waals surface area contributed by atoms with Gasteiger partial charge in [-0.15, -0.1) is 0 Å². The molecule has 4 N–H and O–H groups in total. The average molecular weight is 446 g/mol. The zero-order valence-electron chi connectivity index (χ0n) is 16.8. The van der Waals surface area contributed by atoms with Crippen LogP contribution in [0.3, 0.4) is 0 Å². The molecule has 32 heavy (non-hydrogen) atoms. The third-order valence-electron chi connectivity index (χ3n) is 6.33. The Labute approximate surface area is 182 Å². The van der Waals surface area contributed by atoms with Crippen LogP contribution in [0.2, 0.25) is 0 Å². The Morgan fingerprint density at radius 3 is 2.47 bits per heavy atom. The van der Waals surface area contributed by atoms with E-state index < -0.39 is 37.3 Å². The molecule has 0 saturated carbocycles. The summed E-state index contributed by atoms with van der Waals surface area (Å²) in [6.45, 7) is 0.0648. The van der Waals surface area contributed by atoms with Crippen molar-refractivity contribution >= 4 is 0 Å². The lowest BCUT2D eigenvalue weighted by molar-refractivity contribution is -0.277. The van der Waals surface area contributed by atoms with Crippen LogP contribution in [0.5, 0.6) is 28.7 Å². The van der Waals surface area contributed by atoms with Crippen LogP contribution in [0.25, 0.3) is 0 Å². The number of hydrogen-bond donors (Lipinski definition) is 4. The normalized spacial score (nSPS) is 34.1. The van der Waals surface area contributed by atoms with Crippen molar-refractivity contribution in [3.63, 3.8) is 0 Å². The lowest BCUT2D eigenvalue weighted by Gasteiger charge is -2.39. The van der Waals surface area contributed by atoms with Crippen molar-refractivity contribution in [3.05, 3.63) is 41.5 Å². The zero-order valence-corrected chi connectivity index (χ0v) is 16.8. The van der Waals surface area contributed by atoms with Crippen molar-refractivity contribution < 1.29 is 48.8 Å². The van der Waals surface area contributed by atoms with E-state index in [0.717, 1.165) is 16.9 Å². The summed E-state index contributed by atoms with van der Waals surface area (Å²) in [6, 6.07) is 8.94. The predicted octanol–water partition coefficient (Wildman–Crippen LogP) is 0.204. The maximum absolute atomic E-state index is 10.2. The topological polar surface area (TPSA) is 136 Å². The first-order valence-electron chi connectivity index (χ1n) is 10.4. The second-order valence-corrected chi connectivity index (χ2v) is 8.21. The molecule has 4 heterocycles. The average Bonchev–Trinajstić information content (AvgIpc) is 3.41. The molecule has 2 aromatic rings. The van der Waals surface area contributed by atoms with Gasteiger partial charge in [-0.1, -0.05) is 0 Å². The number of ether oxygens (including phenoxy) is 6. The van der Waals surface area contributed by atoms with Crippen molar-refractivity contribution in [2.24, 2.45) is 0 Å². The molecule has 0 aromatic heterocycles. The zero-order chi connectivity index (χ0) is 22.0. The first-order chi connectivity index (χ1) is 15.5. The van der Waals surface area contributed by atoms with Crippen molar-refractivity contribution in [2.75, 3.05) is 20.0 Å². The van der Waals surface area contributed by atoms with Gasteiger partial charge in [0.25, 0.3) is 0 Å². The van der Waals surface area contributed by atoms with Gasteiger partial charge in [-0.3, -0.25) is 0 Å². The highest BCUT2D eigenvalue weighted by atomic mass is 16.7. The minimum atomic E-state index is -1.51. The van der Waals surface area contributed by atoms with Crippen molar-refractivity contribution in [1.82, 2.24) is 0 Å². The highest BCUT2D eigenvalue weighted by molar-refractivity contribution is 5.57. The summed E-state index contributed by atoms with van der Waals surface area (Å²) in [5, 5.41) is 39.4. The van der Waals surface area contributed by atoms with Crippen LogP contribution in [0.4, 0.5) is 0 Å². The minimum absolute atomic E-state index is 0.00390. The van der Waals surface area contributed by atoms with E-state index in [4.69, 9.17) is 28.4 Å². The molecule has 0 radical (unpaired) electrons. The summed E-state index contributed by atoms with van der Waals surface area (Å²) in [5.74, 6) is 3.00. The molecule has 10 heteroatoms. The molecular formula is C22H22O10. The van der Waals surface area contributed by atoms with Gasteiger partial charge in [0.2, 0.25) is 13.1 Å². The second kappa shape index (κ2) is 7.39. The van der Waals surface area contributed by atoms with Crippen LogP contribution in [-0.4, -0.2) is 71.1 Å². The largest absolute Gasteiger partial charge is 0.492 e. The van der Waals surface area contributed by atoms with Gasteiger partial charge in [-0.2, -0.15) is 0 Å². The van der Waals surface area contributed by atoms with Crippen molar-refractivity contribution in [2.45, 2.75) is 42.7 Å². The Balaban J connectivity index is 1.23. The fourth-order valence-electron chi connectivity index (χ4n) is 4.60. The monoisotopic (exact) mass is 446 g/mol. The molecule has 170 valence electrons. The van der Waals surface area contributed by atoms with Gasteiger partial charge in [0.05, 0.1) is 19.1 Å². The van der Waals surface area contributed by atoms with Crippen LogP contribution in [0.15, 0.2) is 30.3 Å². The first kappa shape index (κ1) is 19.9. The third-order valence-corrected chi connectivity index (χ3v) is 6.33. The fraction of sp³-hybridized carbons (Fsp3) is 0.455. The van der Waals surface area contributed by atoms with E-state index in [1.54, 1.807) is 12.1 Å². The second-order valence-electron chi connectivity index (χ2n) is 8.21. The minimum Gasteiger partial charge on any atom is -0.492 e. The lowest BCUT2D eigenvalue weighted by Crippen LogP contribution is -2.60. The Kier molecular flexibility index (Phi) is 4.60. The van der Waals surface area contributed by atoms with E-state index in [2.05, 4.69) is 0 Å². The molecule has 7 atom stereocenters. The van der Waals surface area contributed by atoms with E-state index >= 15 is 0 Å². The molecule has 2 aromatic carbocycles. The molecule has 10 nitrogen and oxygen atoms in total. The van der Waals surface area contributed by atoms with Gasteiger partial charge < -0.3 is 48.8 Å². The van der Waals surface area contributed by atoms with Gasteiger partial charge in [0.15, 0.2) is 11.5 Å². The number of hydrogen-bond acceptors (Lipinski definition) is 10. The molecule has 4 aliphatic rings. The molecule has 1 saturated heterocycles. The van der Waals surface area contributed by atoms with E-state index in [-0.39, 0.29) is 18.8 Å². The molecule has 0 aliphatic carbocycles. The Morgan fingerprint density at radius 2 is 1.66 bits per heavy atom. The van der Waals surface area contributed by atoms with Gasteiger partial charge in [-0.05, 0) is 18.2 Å². The Hall–Kier alpha value is -2.76. The van der Waals surface area contributed by atoms with Gasteiger partial charge in [0, 0.05) is 23.3 Å². The van der Waals surface area contributed by atoms with Gasteiger partial charge in [0.1, 0.15) is 47.8 Å². The predicted molar refractivity (Wildman–Crippen MR) is 105 cm³/mol. The van der Waals surface area contributed by atoms with Crippen LogP contribution < -0.4 is 23.7 Å². The molecule has 6 rings (SSSR count). The van der Waals surface area contributed by atoms with E-state index in [1.165, 1.54) is 0 Å². The quantitative estimate of drug-likeness (QED) is 0.518. The number of aliphatic hydroxyl groups is 4. The molecule has 1 fully saturated rings. The van der Waals surface area contributed by atoms with Crippen LogP contribution >= 0.6 is 0 Å². The van der Waals surface area contributed by atoms with Crippen LogP contribution in [0.1, 0.15) is 23.1 Å². The summed E-state index contributed by atoms with van der Waals surface area (Å²) in [5.41, 5.74) is 1.85. The molecule has 0 amide bonds. The highest BCUT2D eigenvalue weighted by Gasteiger charge is 2.45. The third kappa shape index (κ3) is 2.99. The van der Waals surface area contributed by atoms with Gasteiger partial charge in [-0.25, -0.2) is 0 Å². The SMILES string of the molecule is OCC1O[C@@H](Oc2ccc3c(c2)OC[C@@H]2c4cc5c(cc4O[C@H]32)OCO5)C(O)[C@@H](O)[C@@H]1O. The fourth-order valence-corrected chi connectivity index (χ4v) is 4.60. The van der Waals surface area contributed by atoms with Gasteiger partial charge >= 0.3 is 0 Å². The highest BCUT2D eigenvalue weighted by Crippen LogP contribution is 2.54. The van der Waals surface area contributed by atoms with Crippen molar-refractivity contribution in [1.29, 1.82) is 0 Å². The Bertz CT molecular complexity index is 1040. The first-order valence-corrected chi connectivity index (χ1v) is 10.4. The maximum Gasteiger partial charge on any atom is 0.231 e. The van der Waals surface area contributed by atoms with E-state index in [0.29, 0.717) is 29.6 Å². The molecule has 0 spiro atoms. The summed E-state index contributed by atoms with van der Waals surface area (Å²) in [6.07, 6.45) is -7.01. The smallest absolute Gasteiger partial charge is 0.231 e. The van der Waals surface area contributed by atoms with Crippen molar-refractivity contribution in [3.8, 4) is 28.7 Å². The molecule has 0 bridgehead atoms. The summed E-state index contributed by atoms with van der Waals surface area (Å²) >= 11 is 0. The molecular weight excluding hydrogens is 424 g/mol. The van der Waals surface area contributed by atoms with E-state index in [1.807, 2.05) is 18.2 Å². The number of aliphatic hydroxyl groups excluding tert-OH is 4.